The number of hydrogen-bond acceptors (Lipinski definition) is 3. The van der Waals surface area contributed by atoms with Crippen LogP contribution < -0.4 is 0 Å². The number of rotatable bonds is 5. The molecular formula is C17H30N4O. The molecule has 1 aliphatic heterocycles. The highest BCUT2D eigenvalue weighted by atomic mass is 16.2. The number of hydrogen-bond donors (Lipinski definition) is 1. The molecular weight excluding hydrogens is 276 g/mol. The smallest absolute Gasteiger partial charge is 0.230 e. The molecule has 1 atom stereocenters. The Morgan fingerprint density at radius 2 is 1.82 bits per heavy atom. The van der Waals surface area contributed by atoms with E-state index < -0.39 is 0 Å². The Labute approximate surface area is 134 Å². The first kappa shape index (κ1) is 17.0. The molecule has 5 nitrogen and oxygen atoms in total. The molecule has 1 N–H and O–H groups in total. The Morgan fingerprint density at radius 3 is 2.32 bits per heavy atom. The molecule has 2 heterocycles. The van der Waals surface area contributed by atoms with Gasteiger partial charge in [0.15, 0.2) is 0 Å². The minimum atomic E-state index is -0.110. The number of aromatic amines is 1. The molecule has 22 heavy (non-hydrogen) atoms. The Hall–Kier alpha value is -1.36. The van der Waals surface area contributed by atoms with Gasteiger partial charge in [-0.25, -0.2) is 0 Å². The van der Waals surface area contributed by atoms with Crippen LogP contribution >= 0.6 is 0 Å². The lowest BCUT2D eigenvalue weighted by Crippen LogP contribution is -2.50. The molecule has 0 aliphatic carbocycles. The van der Waals surface area contributed by atoms with Crippen molar-refractivity contribution in [1.29, 1.82) is 0 Å². The summed E-state index contributed by atoms with van der Waals surface area (Å²) in [6.45, 7) is 15.3. The molecule has 0 saturated carbocycles. The highest BCUT2D eigenvalue weighted by Gasteiger charge is 2.28. The van der Waals surface area contributed by atoms with Crippen molar-refractivity contribution in [2.75, 3.05) is 32.7 Å². The van der Waals surface area contributed by atoms with E-state index in [9.17, 15) is 4.79 Å². The number of nitrogens with one attached hydrogen (secondary N) is 1. The van der Waals surface area contributed by atoms with Crippen LogP contribution in [-0.4, -0.2) is 58.6 Å². The largest absolute Gasteiger partial charge is 0.340 e. The van der Waals surface area contributed by atoms with Crippen molar-refractivity contribution in [2.24, 2.45) is 5.92 Å². The molecule has 5 heteroatoms. The van der Waals surface area contributed by atoms with E-state index in [4.69, 9.17) is 0 Å². The summed E-state index contributed by atoms with van der Waals surface area (Å²) in [5, 5.41) is 7.19. The Morgan fingerprint density at radius 1 is 1.18 bits per heavy atom. The minimum absolute atomic E-state index is 0.110. The molecule has 124 valence electrons. The SMILES string of the molecule is Cc1n[nH]c(C)c1[C@H](C)C(=O)N1CCN(CCC(C)C)CC1. The van der Waals surface area contributed by atoms with E-state index in [2.05, 4.69) is 28.9 Å². The molecule has 0 aromatic carbocycles. The van der Waals surface area contributed by atoms with Crippen molar-refractivity contribution in [3.8, 4) is 0 Å². The Bertz CT molecular complexity index is 481. The fourth-order valence-electron chi connectivity index (χ4n) is 3.23. The van der Waals surface area contributed by atoms with Gasteiger partial charge in [0.1, 0.15) is 0 Å². The van der Waals surface area contributed by atoms with Gasteiger partial charge in [0.2, 0.25) is 5.91 Å². The maximum absolute atomic E-state index is 12.7. The van der Waals surface area contributed by atoms with Gasteiger partial charge in [0.05, 0.1) is 11.6 Å². The van der Waals surface area contributed by atoms with Gasteiger partial charge in [-0.3, -0.25) is 14.8 Å². The Kier molecular flexibility index (Phi) is 5.62. The number of carbonyl (C=O) groups excluding carboxylic acids is 1. The van der Waals surface area contributed by atoms with Gasteiger partial charge in [0.25, 0.3) is 0 Å². The molecule has 1 fully saturated rings. The molecule has 0 bridgehead atoms. The van der Waals surface area contributed by atoms with Gasteiger partial charge in [-0.2, -0.15) is 5.10 Å². The lowest BCUT2D eigenvalue weighted by Gasteiger charge is -2.36. The number of piperazine rings is 1. The average molecular weight is 306 g/mol. The van der Waals surface area contributed by atoms with E-state index in [0.717, 1.165) is 55.6 Å². The zero-order valence-electron chi connectivity index (χ0n) is 14.6. The molecule has 0 unspecified atom stereocenters. The van der Waals surface area contributed by atoms with Crippen LogP contribution in [0.5, 0.6) is 0 Å². The maximum atomic E-state index is 12.7. The summed E-state index contributed by atoms with van der Waals surface area (Å²) in [6.07, 6.45) is 1.23. The third-order valence-corrected chi connectivity index (χ3v) is 4.70. The number of amides is 1. The van der Waals surface area contributed by atoms with Gasteiger partial charge >= 0.3 is 0 Å². The van der Waals surface area contributed by atoms with Crippen LogP contribution in [0.1, 0.15) is 50.1 Å². The zero-order chi connectivity index (χ0) is 16.3. The summed E-state index contributed by atoms with van der Waals surface area (Å²) in [7, 11) is 0. The molecule has 1 aliphatic rings. The fraction of sp³-hybridized carbons (Fsp3) is 0.765. The van der Waals surface area contributed by atoms with Gasteiger partial charge in [-0.15, -0.1) is 0 Å². The summed E-state index contributed by atoms with van der Waals surface area (Å²) in [5.74, 6) is 0.865. The molecule has 1 aromatic rings. The molecule has 1 amide bonds. The summed E-state index contributed by atoms with van der Waals surface area (Å²) >= 11 is 0. The predicted octanol–water partition coefficient (Wildman–Crippen LogP) is 2.32. The molecule has 1 saturated heterocycles. The highest BCUT2D eigenvalue weighted by Crippen LogP contribution is 2.24. The van der Waals surface area contributed by atoms with E-state index in [1.807, 2.05) is 25.7 Å². The summed E-state index contributed by atoms with van der Waals surface area (Å²) in [5.41, 5.74) is 3.01. The summed E-state index contributed by atoms with van der Waals surface area (Å²) < 4.78 is 0. The monoisotopic (exact) mass is 306 g/mol. The van der Waals surface area contributed by atoms with Crippen LogP contribution in [0.25, 0.3) is 0 Å². The van der Waals surface area contributed by atoms with Gasteiger partial charge in [-0.1, -0.05) is 13.8 Å². The highest BCUT2D eigenvalue weighted by molar-refractivity contribution is 5.84. The van der Waals surface area contributed by atoms with Crippen molar-refractivity contribution in [1.82, 2.24) is 20.0 Å². The van der Waals surface area contributed by atoms with E-state index in [-0.39, 0.29) is 11.8 Å². The molecule has 0 radical (unpaired) electrons. The van der Waals surface area contributed by atoms with Crippen LogP contribution in [0.4, 0.5) is 0 Å². The minimum Gasteiger partial charge on any atom is -0.340 e. The van der Waals surface area contributed by atoms with E-state index in [1.165, 1.54) is 6.42 Å². The fourth-order valence-corrected chi connectivity index (χ4v) is 3.23. The maximum Gasteiger partial charge on any atom is 0.230 e. The first-order chi connectivity index (χ1) is 10.4. The first-order valence-corrected chi connectivity index (χ1v) is 8.42. The van der Waals surface area contributed by atoms with E-state index in [0.29, 0.717) is 0 Å². The third kappa shape index (κ3) is 3.88. The Balaban J connectivity index is 1.90. The lowest BCUT2D eigenvalue weighted by atomic mass is 9.97. The van der Waals surface area contributed by atoms with Crippen LogP contribution in [0.15, 0.2) is 0 Å². The van der Waals surface area contributed by atoms with E-state index >= 15 is 0 Å². The molecule has 0 spiro atoms. The van der Waals surface area contributed by atoms with E-state index in [1.54, 1.807) is 0 Å². The molecule has 1 aromatic heterocycles. The average Bonchev–Trinajstić information content (AvgIpc) is 2.83. The number of H-pyrrole nitrogens is 1. The second kappa shape index (κ2) is 7.27. The normalized spacial score (nSPS) is 18.0. The summed E-state index contributed by atoms with van der Waals surface area (Å²) in [6, 6.07) is 0. The zero-order valence-corrected chi connectivity index (χ0v) is 14.6. The summed E-state index contributed by atoms with van der Waals surface area (Å²) in [4.78, 5) is 17.2. The standard InChI is InChI=1S/C17H30N4O/c1-12(2)6-7-20-8-10-21(11-9-20)17(22)13(3)16-14(4)18-19-15(16)5/h12-13H,6-11H2,1-5H3,(H,18,19)/t13-/m0/s1. The molecule has 2 rings (SSSR count). The quantitative estimate of drug-likeness (QED) is 0.908. The number of nitrogens with zero attached hydrogens (tertiary/aromatic N) is 3. The predicted molar refractivity (Wildman–Crippen MR) is 89.0 cm³/mol. The van der Waals surface area contributed by atoms with Crippen molar-refractivity contribution < 1.29 is 4.79 Å². The second-order valence-electron chi connectivity index (χ2n) is 6.92. The van der Waals surface area contributed by atoms with Gasteiger partial charge in [-0.05, 0) is 39.7 Å². The van der Waals surface area contributed by atoms with Crippen molar-refractivity contribution in [3.63, 3.8) is 0 Å². The van der Waals surface area contributed by atoms with Crippen LogP contribution in [-0.2, 0) is 4.79 Å². The lowest BCUT2D eigenvalue weighted by molar-refractivity contribution is -0.134. The van der Waals surface area contributed by atoms with Crippen LogP contribution in [0.2, 0.25) is 0 Å². The van der Waals surface area contributed by atoms with Gasteiger partial charge in [0, 0.05) is 37.4 Å². The first-order valence-electron chi connectivity index (χ1n) is 8.42. The van der Waals surface area contributed by atoms with Crippen LogP contribution in [0, 0.1) is 19.8 Å². The van der Waals surface area contributed by atoms with Crippen molar-refractivity contribution >= 4 is 5.91 Å². The van der Waals surface area contributed by atoms with Crippen LogP contribution in [0.3, 0.4) is 0 Å². The topological polar surface area (TPSA) is 52.2 Å². The number of aromatic nitrogens is 2. The second-order valence-corrected chi connectivity index (χ2v) is 6.92. The third-order valence-electron chi connectivity index (χ3n) is 4.70. The number of carbonyl (C=O) groups is 1. The van der Waals surface area contributed by atoms with Gasteiger partial charge < -0.3 is 4.90 Å². The van der Waals surface area contributed by atoms with Crippen molar-refractivity contribution in [2.45, 2.75) is 47.0 Å². The number of aryl methyl sites for hydroxylation is 2. The van der Waals surface area contributed by atoms with Crippen molar-refractivity contribution in [3.05, 3.63) is 17.0 Å².